The predicted molar refractivity (Wildman–Crippen MR) is 106 cm³/mol. The number of hydrogen-bond donors (Lipinski definition) is 1. The van der Waals surface area contributed by atoms with Crippen LogP contribution in [0.3, 0.4) is 0 Å². The first-order valence-electron chi connectivity index (χ1n) is 8.77. The predicted octanol–water partition coefficient (Wildman–Crippen LogP) is 3.68. The smallest absolute Gasteiger partial charge is 0.263 e. The number of pyridine rings is 1. The molecule has 1 amide bonds. The average Bonchev–Trinajstić information content (AvgIpc) is 3.30. The molecule has 27 heavy (non-hydrogen) atoms. The minimum Gasteiger partial charge on any atom is -0.347 e. The van der Waals surface area contributed by atoms with E-state index >= 15 is 0 Å². The van der Waals surface area contributed by atoms with Crippen molar-refractivity contribution in [1.29, 1.82) is 0 Å². The molecule has 0 fully saturated rings. The van der Waals surface area contributed by atoms with Gasteiger partial charge in [0.25, 0.3) is 5.91 Å². The van der Waals surface area contributed by atoms with Crippen molar-refractivity contribution in [3.8, 4) is 5.82 Å². The molecular formula is C20H19N5OS. The third-order valence-corrected chi connectivity index (χ3v) is 5.61. The van der Waals surface area contributed by atoms with Crippen molar-refractivity contribution in [2.45, 2.75) is 26.8 Å². The first-order chi connectivity index (χ1) is 13.2. The zero-order chi connectivity index (χ0) is 18.8. The molecule has 6 nitrogen and oxygen atoms in total. The van der Waals surface area contributed by atoms with Crippen molar-refractivity contribution in [3.63, 3.8) is 0 Å². The van der Waals surface area contributed by atoms with Gasteiger partial charge in [0.1, 0.15) is 17.0 Å². The summed E-state index contributed by atoms with van der Waals surface area (Å²) in [6.07, 6.45) is 4.39. The molecule has 1 aromatic carbocycles. The van der Waals surface area contributed by atoms with Crippen molar-refractivity contribution < 1.29 is 4.79 Å². The van der Waals surface area contributed by atoms with Crippen LogP contribution in [0.2, 0.25) is 0 Å². The highest BCUT2D eigenvalue weighted by atomic mass is 32.1. The van der Waals surface area contributed by atoms with Gasteiger partial charge in [-0.05, 0) is 37.1 Å². The van der Waals surface area contributed by atoms with Crippen LogP contribution in [-0.4, -0.2) is 25.4 Å². The van der Waals surface area contributed by atoms with E-state index in [0.717, 1.165) is 39.5 Å². The van der Waals surface area contributed by atoms with Gasteiger partial charge in [-0.3, -0.25) is 9.36 Å². The van der Waals surface area contributed by atoms with Gasteiger partial charge >= 0.3 is 0 Å². The molecule has 0 aliphatic heterocycles. The Balaban J connectivity index is 1.46. The van der Waals surface area contributed by atoms with E-state index in [-0.39, 0.29) is 5.91 Å². The van der Waals surface area contributed by atoms with Crippen molar-refractivity contribution in [2.75, 3.05) is 0 Å². The maximum absolute atomic E-state index is 12.4. The molecule has 0 aliphatic carbocycles. The van der Waals surface area contributed by atoms with Gasteiger partial charge in [-0.15, -0.1) is 11.3 Å². The highest BCUT2D eigenvalue weighted by Gasteiger charge is 2.14. The topological polar surface area (TPSA) is 72.7 Å². The lowest BCUT2D eigenvalue weighted by Gasteiger charge is -2.07. The van der Waals surface area contributed by atoms with Gasteiger partial charge in [-0.1, -0.05) is 25.1 Å². The largest absolute Gasteiger partial charge is 0.347 e. The summed E-state index contributed by atoms with van der Waals surface area (Å²) >= 11 is 1.46. The number of nitrogens with one attached hydrogen (secondary N) is 1. The number of hydrogen-bond acceptors (Lipinski definition) is 5. The molecule has 136 valence electrons. The van der Waals surface area contributed by atoms with Crippen LogP contribution >= 0.6 is 11.3 Å². The fourth-order valence-corrected chi connectivity index (χ4v) is 3.80. The second kappa shape index (κ2) is 7.28. The molecule has 3 aromatic heterocycles. The van der Waals surface area contributed by atoms with Crippen molar-refractivity contribution in [2.24, 2.45) is 0 Å². The number of carbonyl (C=O) groups excluding carboxylic acids is 1. The Hall–Kier alpha value is -3.06. The van der Waals surface area contributed by atoms with Crippen LogP contribution in [0.25, 0.3) is 16.9 Å². The molecule has 0 unspecified atom stereocenters. The Kier molecular flexibility index (Phi) is 4.68. The molecule has 0 bridgehead atoms. The molecular weight excluding hydrogens is 358 g/mol. The van der Waals surface area contributed by atoms with Crippen molar-refractivity contribution >= 4 is 28.3 Å². The Labute approximate surface area is 160 Å². The summed E-state index contributed by atoms with van der Waals surface area (Å²) in [7, 11) is 0. The van der Waals surface area contributed by atoms with Crippen molar-refractivity contribution in [3.05, 3.63) is 70.1 Å². The second-order valence-corrected chi connectivity index (χ2v) is 7.27. The number of thiazole rings is 1. The van der Waals surface area contributed by atoms with Gasteiger partial charge in [0.05, 0.1) is 21.7 Å². The van der Waals surface area contributed by atoms with Crippen LogP contribution < -0.4 is 5.32 Å². The molecule has 0 spiro atoms. The molecule has 0 atom stereocenters. The second-order valence-electron chi connectivity index (χ2n) is 6.19. The van der Waals surface area contributed by atoms with E-state index in [1.807, 2.05) is 54.8 Å². The number of para-hydroxylation sites is 2. The lowest BCUT2D eigenvalue weighted by Crippen LogP contribution is -2.22. The van der Waals surface area contributed by atoms with Crippen LogP contribution in [0.15, 0.2) is 48.9 Å². The highest BCUT2D eigenvalue weighted by molar-refractivity contribution is 7.13. The average molecular weight is 377 g/mol. The maximum Gasteiger partial charge on any atom is 0.263 e. The van der Waals surface area contributed by atoms with E-state index in [4.69, 9.17) is 0 Å². The maximum atomic E-state index is 12.4. The van der Waals surface area contributed by atoms with E-state index < -0.39 is 0 Å². The summed E-state index contributed by atoms with van der Waals surface area (Å²) in [5, 5.41) is 3.93. The number of benzene rings is 1. The molecule has 7 heteroatoms. The summed E-state index contributed by atoms with van der Waals surface area (Å²) in [4.78, 5) is 26.4. The van der Waals surface area contributed by atoms with Crippen LogP contribution in [0.4, 0.5) is 0 Å². The number of nitrogens with zero attached hydrogens (tertiary/aromatic N) is 4. The number of rotatable bonds is 5. The van der Waals surface area contributed by atoms with Crippen LogP contribution in [-0.2, 0) is 13.0 Å². The molecule has 4 aromatic rings. The molecule has 0 aliphatic rings. The first-order valence-corrected chi connectivity index (χ1v) is 9.59. The number of amides is 1. The Bertz CT molecular complexity index is 1100. The van der Waals surface area contributed by atoms with Crippen LogP contribution in [0.5, 0.6) is 0 Å². The van der Waals surface area contributed by atoms with Gasteiger partial charge in [-0.2, -0.15) is 0 Å². The normalized spacial score (nSPS) is 11.0. The third kappa shape index (κ3) is 3.46. The minimum atomic E-state index is -0.0885. The number of imidazole rings is 1. The SMILES string of the molecule is CCc1nc(C)c(C(=O)NCc2ccc(-n3cnc4ccccc43)nc2)s1. The molecule has 1 N–H and O–H groups in total. The first kappa shape index (κ1) is 17.4. The zero-order valence-electron chi connectivity index (χ0n) is 15.1. The van der Waals surface area contributed by atoms with Gasteiger partial charge in [-0.25, -0.2) is 15.0 Å². The minimum absolute atomic E-state index is 0.0885. The molecule has 3 heterocycles. The highest BCUT2D eigenvalue weighted by Crippen LogP contribution is 2.19. The summed E-state index contributed by atoms with van der Waals surface area (Å²) in [6.45, 7) is 4.34. The monoisotopic (exact) mass is 377 g/mol. The van der Waals surface area contributed by atoms with Gasteiger partial charge in [0.15, 0.2) is 0 Å². The van der Waals surface area contributed by atoms with Gasteiger partial charge in [0.2, 0.25) is 0 Å². The number of aryl methyl sites for hydroxylation is 2. The number of aromatic nitrogens is 4. The standard InChI is InChI=1S/C20H19N5OS/c1-3-18-24-13(2)19(27-18)20(26)22-11-14-8-9-17(21-10-14)25-12-23-15-6-4-5-7-16(15)25/h4-10,12H,3,11H2,1-2H3,(H,22,26). The van der Waals surface area contributed by atoms with E-state index in [1.54, 1.807) is 12.5 Å². The van der Waals surface area contributed by atoms with Gasteiger partial charge < -0.3 is 5.32 Å². The molecule has 0 saturated carbocycles. The molecule has 0 radical (unpaired) electrons. The Morgan fingerprint density at radius 1 is 1.19 bits per heavy atom. The summed E-state index contributed by atoms with van der Waals surface area (Å²) < 4.78 is 1.95. The lowest BCUT2D eigenvalue weighted by molar-refractivity contribution is 0.0954. The summed E-state index contributed by atoms with van der Waals surface area (Å²) in [6, 6.07) is 11.8. The van der Waals surface area contributed by atoms with E-state index in [0.29, 0.717) is 11.4 Å². The number of carbonyl (C=O) groups is 1. The number of fused-ring (bicyclic) bond motifs is 1. The molecule has 0 saturated heterocycles. The van der Waals surface area contributed by atoms with Crippen LogP contribution in [0, 0.1) is 6.92 Å². The fourth-order valence-electron chi connectivity index (χ4n) is 2.88. The van der Waals surface area contributed by atoms with Crippen molar-refractivity contribution in [1.82, 2.24) is 24.8 Å². The third-order valence-electron chi connectivity index (χ3n) is 4.31. The molecule has 4 rings (SSSR count). The quantitative estimate of drug-likeness (QED) is 0.576. The zero-order valence-corrected chi connectivity index (χ0v) is 16.0. The Morgan fingerprint density at radius 2 is 2.04 bits per heavy atom. The van der Waals surface area contributed by atoms with E-state index in [9.17, 15) is 4.79 Å². The fraction of sp³-hybridized carbons (Fsp3) is 0.200. The Morgan fingerprint density at radius 3 is 2.78 bits per heavy atom. The summed E-state index contributed by atoms with van der Waals surface area (Å²) in [5.74, 6) is 0.707. The van der Waals surface area contributed by atoms with Crippen LogP contribution in [0.1, 0.15) is 32.9 Å². The lowest BCUT2D eigenvalue weighted by atomic mass is 10.2. The van der Waals surface area contributed by atoms with Gasteiger partial charge in [0, 0.05) is 12.7 Å². The van der Waals surface area contributed by atoms with E-state index in [2.05, 4.69) is 20.3 Å². The van der Waals surface area contributed by atoms with E-state index in [1.165, 1.54) is 11.3 Å². The summed E-state index contributed by atoms with van der Waals surface area (Å²) in [5.41, 5.74) is 3.67.